The highest BCUT2D eigenvalue weighted by Crippen LogP contribution is 2.32. The molecule has 3 rings (SSSR count). The molecule has 0 atom stereocenters. The first-order valence-corrected chi connectivity index (χ1v) is 9.91. The van der Waals surface area contributed by atoms with Crippen LogP contribution in [0.2, 0.25) is 0 Å². The van der Waals surface area contributed by atoms with Crippen molar-refractivity contribution in [2.45, 2.75) is 26.8 Å². The van der Waals surface area contributed by atoms with Crippen molar-refractivity contribution in [3.63, 3.8) is 0 Å². The number of thiazole rings is 1. The Morgan fingerprint density at radius 3 is 2.93 bits per heavy atom. The van der Waals surface area contributed by atoms with Crippen LogP contribution in [-0.2, 0) is 16.1 Å². The van der Waals surface area contributed by atoms with Crippen molar-refractivity contribution in [1.29, 1.82) is 0 Å². The van der Waals surface area contributed by atoms with Gasteiger partial charge in [0, 0.05) is 18.5 Å². The maximum absolute atomic E-state index is 12.0. The molecule has 1 aliphatic heterocycles. The third kappa shape index (κ3) is 5.59. The lowest BCUT2D eigenvalue weighted by atomic mass is 10.1. The fourth-order valence-corrected chi connectivity index (χ4v) is 3.13. The standard InChI is InChI=1S/C19H23N3O5S/c1-12(2)5-6-20-19-22-14(10-28-19)18(24)25-9-17(23)21-8-13-3-4-15-16(7-13)27-11-26-15/h3-4,7,10,12H,5-6,8-9,11H2,1-2H3,(H,20,22)(H,21,23). The highest BCUT2D eigenvalue weighted by atomic mass is 32.1. The molecule has 0 saturated heterocycles. The number of hydrogen-bond donors (Lipinski definition) is 2. The van der Waals surface area contributed by atoms with Crippen molar-refractivity contribution in [2.75, 3.05) is 25.3 Å². The lowest BCUT2D eigenvalue weighted by molar-refractivity contribution is -0.124. The van der Waals surface area contributed by atoms with Crippen LogP contribution in [0.5, 0.6) is 11.5 Å². The Balaban J connectivity index is 1.39. The van der Waals surface area contributed by atoms with E-state index in [0.717, 1.165) is 18.5 Å². The van der Waals surface area contributed by atoms with Crippen LogP contribution < -0.4 is 20.1 Å². The molecule has 0 unspecified atom stereocenters. The van der Waals surface area contributed by atoms with Gasteiger partial charge in [-0.15, -0.1) is 11.3 Å². The smallest absolute Gasteiger partial charge is 0.358 e. The Hall–Kier alpha value is -2.81. The molecule has 0 spiro atoms. The molecule has 0 radical (unpaired) electrons. The van der Waals surface area contributed by atoms with E-state index in [2.05, 4.69) is 29.5 Å². The van der Waals surface area contributed by atoms with E-state index in [1.807, 2.05) is 6.07 Å². The number of nitrogens with zero attached hydrogens (tertiary/aromatic N) is 1. The van der Waals surface area contributed by atoms with Crippen LogP contribution in [0, 0.1) is 5.92 Å². The van der Waals surface area contributed by atoms with E-state index in [0.29, 0.717) is 29.1 Å². The van der Waals surface area contributed by atoms with E-state index < -0.39 is 11.9 Å². The Bertz CT molecular complexity index is 837. The lowest BCUT2D eigenvalue weighted by Gasteiger charge is -2.07. The van der Waals surface area contributed by atoms with Crippen molar-refractivity contribution in [3.8, 4) is 11.5 Å². The highest BCUT2D eigenvalue weighted by Gasteiger charge is 2.15. The largest absolute Gasteiger partial charge is 0.454 e. The van der Waals surface area contributed by atoms with E-state index in [-0.39, 0.29) is 19.1 Å². The fourth-order valence-electron chi connectivity index (χ4n) is 2.42. The zero-order valence-corrected chi connectivity index (χ0v) is 16.6. The summed E-state index contributed by atoms with van der Waals surface area (Å²) in [6.45, 7) is 5.22. The summed E-state index contributed by atoms with van der Waals surface area (Å²) in [6.07, 6.45) is 1.02. The molecule has 9 heteroatoms. The normalized spacial score (nSPS) is 12.1. The summed E-state index contributed by atoms with van der Waals surface area (Å²) in [5.74, 6) is 0.917. The second-order valence-corrected chi connectivity index (χ2v) is 7.55. The summed E-state index contributed by atoms with van der Waals surface area (Å²) in [4.78, 5) is 28.1. The van der Waals surface area contributed by atoms with Crippen LogP contribution in [0.3, 0.4) is 0 Å². The van der Waals surface area contributed by atoms with E-state index in [1.54, 1.807) is 17.5 Å². The third-order valence-corrected chi connectivity index (χ3v) is 4.77. The summed E-state index contributed by atoms with van der Waals surface area (Å²) >= 11 is 1.34. The van der Waals surface area contributed by atoms with E-state index in [9.17, 15) is 9.59 Å². The Morgan fingerprint density at radius 1 is 1.29 bits per heavy atom. The molecule has 2 aromatic rings. The fraction of sp³-hybridized carbons (Fsp3) is 0.421. The van der Waals surface area contributed by atoms with E-state index >= 15 is 0 Å². The predicted octanol–water partition coefficient (Wildman–Crippen LogP) is 2.80. The van der Waals surface area contributed by atoms with Gasteiger partial charge in [-0.2, -0.15) is 0 Å². The van der Waals surface area contributed by atoms with Gasteiger partial charge in [0.1, 0.15) is 0 Å². The van der Waals surface area contributed by atoms with Crippen LogP contribution in [0.4, 0.5) is 5.13 Å². The second-order valence-electron chi connectivity index (χ2n) is 6.69. The number of hydrogen-bond acceptors (Lipinski definition) is 8. The summed E-state index contributed by atoms with van der Waals surface area (Å²) in [5, 5.41) is 8.15. The Morgan fingerprint density at radius 2 is 2.11 bits per heavy atom. The molecule has 2 N–H and O–H groups in total. The van der Waals surface area contributed by atoms with Gasteiger partial charge >= 0.3 is 5.97 Å². The average Bonchev–Trinajstić information content (AvgIpc) is 3.33. The molecule has 8 nitrogen and oxygen atoms in total. The molecule has 0 aliphatic carbocycles. The van der Waals surface area contributed by atoms with Crippen LogP contribution in [0.15, 0.2) is 23.6 Å². The van der Waals surface area contributed by atoms with Crippen LogP contribution in [-0.4, -0.2) is 36.8 Å². The first-order valence-electron chi connectivity index (χ1n) is 9.03. The maximum Gasteiger partial charge on any atom is 0.358 e. The van der Waals surface area contributed by atoms with Gasteiger partial charge in [-0.1, -0.05) is 19.9 Å². The van der Waals surface area contributed by atoms with Crippen LogP contribution in [0.25, 0.3) is 0 Å². The van der Waals surface area contributed by atoms with Gasteiger partial charge in [0.15, 0.2) is 28.9 Å². The van der Waals surface area contributed by atoms with Gasteiger partial charge in [0.25, 0.3) is 5.91 Å². The highest BCUT2D eigenvalue weighted by molar-refractivity contribution is 7.13. The number of carbonyl (C=O) groups excluding carboxylic acids is 2. The van der Waals surface area contributed by atoms with Gasteiger partial charge in [0.2, 0.25) is 6.79 Å². The number of aromatic nitrogens is 1. The second kappa shape index (κ2) is 9.41. The first-order chi connectivity index (χ1) is 13.5. The molecule has 2 heterocycles. The molecule has 0 saturated carbocycles. The van der Waals surface area contributed by atoms with Crippen molar-refractivity contribution >= 4 is 28.3 Å². The average molecular weight is 405 g/mol. The van der Waals surface area contributed by atoms with Gasteiger partial charge < -0.3 is 24.8 Å². The van der Waals surface area contributed by atoms with Gasteiger partial charge in [-0.3, -0.25) is 4.79 Å². The number of fused-ring (bicyclic) bond motifs is 1. The maximum atomic E-state index is 12.0. The summed E-state index contributed by atoms with van der Waals surface area (Å²) in [7, 11) is 0. The Labute approximate surface area is 167 Å². The van der Waals surface area contributed by atoms with Crippen LogP contribution in [0.1, 0.15) is 36.3 Å². The van der Waals surface area contributed by atoms with Crippen molar-refractivity contribution < 1.29 is 23.8 Å². The van der Waals surface area contributed by atoms with Crippen molar-refractivity contribution in [1.82, 2.24) is 10.3 Å². The first kappa shape index (κ1) is 19.9. The SMILES string of the molecule is CC(C)CCNc1nc(C(=O)OCC(=O)NCc2ccc3c(c2)OCO3)cs1. The molecule has 0 fully saturated rings. The van der Waals surface area contributed by atoms with E-state index in [1.165, 1.54) is 11.3 Å². The van der Waals surface area contributed by atoms with Crippen LogP contribution >= 0.6 is 11.3 Å². The summed E-state index contributed by atoms with van der Waals surface area (Å²) < 4.78 is 15.6. The van der Waals surface area contributed by atoms with Gasteiger partial charge in [-0.05, 0) is 30.0 Å². The number of benzene rings is 1. The lowest BCUT2D eigenvalue weighted by Crippen LogP contribution is -2.28. The minimum atomic E-state index is -0.619. The monoisotopic (exact) mass is 405 g/mol. The predicted molar refractivity (Wildman–Crippen MR) is 105 cm³/mol. The molecule has 1 aromatic carbocycles. The molecule has 1 amide bonds. The van der Waals surface area contributed by atoms with Crippen molar-refractivity contribution in [3.05, 3.63) is 34.8 Å². The molecular formula is C19H23N3O5S. The van der Waals surface area contributed by atoms with E-state index in [4.69, 9.17) is 14.2 Å². The minimum absolute atomic E-state index is 0.195. The third-order valence-electron chi connectivity index (χ3n) is 3.97. The zero-order chi connectivity index (χ0) is 19.9. The number of anilines is 1. The van der Waals surface area contributed by atoms with Gasteiger partial charge in [0.05, 0.1) is 0 Å². The number of esters is 1. The van der Waals surface area contributed by atoms with Crippen molar-refractivity contribution in [2.24, 2.45) is 5.92 Å². The zero-order valence-electron chi connectivity index (χ0n) is 15.8. The topological polar surface area (TPSA) is 98.8 Å². The number of ether oxygens (including phenoxy) is 3. The summed E-state index contributed by atoms with van der Waals surface area (Å²) in [5.41, 5.74) is 1.06. The number of carbonyl (C=O) groups is 2. The number of nitrogens with one attached hydrogen (secondary N) is 2. The molecule has 0 bridgehead atoms. The molecule has 1 aromatic heterocycles. The summed E-state index contributed by atoms with van der Waals surface area (Å²) in [6, 6.07) is 5.43. The van der Waals surface area contributed by atoms with Gasteiger partial charge in [-0.25, -0.2) is 9.78 Å². The molecular weight excluding hydrogens is 382 g/mol. The number of rotatable bonds is 9. The number of amides is 1. The molecule has 1 aliphatic rings. The molecule has 150 valence electrons. The quantitative estimate of drug-likeness (QED) is 0.619. The molecule has 28 heavy (non-hydrogen) atoms. The Kier molecular flexibility index (Phi) is 6.70. The minimum Gasteiger partial charge on any atom is -0.454 e.